The van der Waals surface area contributed by atoms with Crippen LogP contribution in [0.4, 0.5) is 5.69 Å². The van der Waals surface area contributed by atoms with Crippen LogP contribution in [0.1, 0.15) is 12.5 Å². The van der Waals surface area contributed by atoms with Crippen molar-refractivity contribution in [2.45, 2.75) is 19.4 Å². The quantitative estimate of drug-likeness (QED) is 0.836. The van der Waals surface area contributed by atoms with Crippen molar-refractivity contribution < 1.29 is 19.1 Å². The number of benzene rings is 2. The van der Waals surface area contributed by atoms with Gasteiger partial charge in [0, 0.05) is 5.69 Å². The molecule has 3 rings (SSSR count). The molecule has 0 aromatic heterocycles. The van der Waals surface area contributed by atoms with Gasteiger partial charge in [-0.05, 0) is 30.2 Å². The maximum absolute atomic E-state index is 12.1. The minimum absolute atomic E-state index is 0.190. The Kier molecular flexibility index (Phi) is 5.18. The van der Waals surface area contributed by atoms with Crippen molar-refractivity contribution >= 4 is 17.5 Å². The molecule has 1 aliphatic rings. The number of carbonyl (C=O) groups is 2. The van der Waals surface area contributed by atoms with Crippen LogP contribution < -0.4 is 20.1 Å². The largest absolute Gasteiger partial charge is 0.486 e. The first-order valence-electron chi connectivity index (χ1n) is 8.23. The predicted octanol–water partition coefficient (Wildman–Crippen LogP) is 2.14. The summed E-state index contributed by atoms with van der Waals surface area (Å²) in [6.07, 6.45) is 0.430. The number of aryl methyl sites for hydroxylation is 1. The van der Waals surface area contributed by atoms with Crippen LogP contribution in [0.15, 0.2) is 48.5 Å². The normalized spacial score (nSPS) is 15.3. The van der Waals surface area contributed by atoms with Crippen molar-refractivity contribution in [1.29, 1.82) is 0 Å². The molecule has 6 heteroatoms. The molecule has 25 heavy (non-hydrogen) atoms. The van der Waals surface area contributed by atoms with Crippen molar-refractivity contribution in [3.8, 4) is 11.5 Å². The molecule has 2 N–H and O–H groups in total. The fourth-order valence-corrected chi connectivity index (χ4v) is 2.58. The fourth-order valence-electron chi connectivity index (χ4n) is 2.58. The summed E-state index contributed by atoms with van der Waals surface area (Å²) in [7, 11) is 0. The van der Waals surface area contributed by atoms with Gasteiger partial charge in [0.1, 0.15) is 12.7 Å². The summed E-state index contributed by atoms with van der Waals surface area (Å²) in [4.78, 5) is 24.1. The lowest BCUT2D eigenvalue weighted by Gasteiger charge is -2.26. The second-order valence-corrected chi connectivity index (χ2v) is 5.67. The second kappa shape index (κ2) is 7.70. The van der Waals surface area contributed by atoms with E-state index in [0.29, 0.717) is 23.8 Å². The molecule has 0 bridgehead atoms. The Morgan fingerprint density at radius 3 is 2.56 bits per heavy atom. The van der Waals surface area contributed by atoms with Crippen LogP contribution in [0.25, 0.3) is 0 Å². The van der Waals surface area contributed by atoms with Crippen molar-refractivity contribution in [3.63, 3.8) is 0 Å². The van der Waals surface area contributed by atoms with Crippen LogP contribution in [0, 0.1) is 0 Å². The third-order valence-corrected chi connectivity index (χ3v) is 3.91. The molecule has 0 saturated heterocycles. The van der Waals surface area contributed by atoms with Gasteiger partial charge in [-0.1, -0.05) is 37.3 Å². The number of hydrogen-bond donors (Lipinski definition) is 2. The molecule has 2 aromatic rings. The van der Waals surface area contributed by atoms with Gasteiger partial charge < -0.3 is 20.1 Å². The van der Waals surface area contributed by atoms with Gasteiger partial charge >= 0.3 is 11.8 Å². The molecule has 0 radical (unpaired) electrons. The van der Waals surface area contributed by atoms with Crippen LogP contribution in [-0.4, -0.2) is 31.1 Å². The van der Waals surface area contributed by atoms with E-state index in [9.17, 15) is 9.59 Å². The van der Waals surface area contributed by atoms with Crippen molar-refractivity contribution in [1.82, 2.24) is 5.32 Å². The van der Waals surface area contributed by atoms with E-state index in [1.807, 2.05) is 43.3 Å². The van der Waals surface area contributed by atoms with E-state index in [-0.39, 0.29) is 12.6 Å². The highest BCUT2D eigenvalue weighted by molar-refractivity contribution is 6.39. The number of nitrogens with one attached hydrogen (secondary N) is 2. The zero-order valence-electron chi connectivity index (χ0n) is 14.0. The molecule has 0 aliphatic carbocycles. The van der Waals surface area contributed by atoms with Gasteiger partial charge in [0.05, 0.1) is 6.54 Å². The van der Waals surface area contributed by atoms with Gasteiger partial charge in [-0.2, -0.15) is 0 Å². The number of anilines is 1. The summed E-state index contributed by atoms with van der Waals surface area (Å²) in [5.74, 6) is -0.0836. The average molecular weight is 340 g/mol. The van der Waals surface area contributed by atoms with Gasteiger partial charge in [0.15, 0.2) is 11.5 Å². The predicted molar refractivity (Wildman–Crippen MR) is 93.8 cm³/mol. The van der Waals surface area contributed by atoms with Crippen LogP contribution in [0.2, 0.25) is 0 Å². The van der Waals surface area contributed by atoms with E-state index in [1.165, 1.54) is 0 Å². The van der Waals surface area contributed by atoms with E-state index in [0.717, 1.165) is 12.0 Å². The first kappa shape index (κ1) is 16.8. The SMILES string of the molecule is CCc1ccccc1NC(=O)C(=O)NCC1COc2ccccc2O1. The molecule has 0 fully saturated rings. The summed E-state index contributed by atoms with van der Waals surface area (Å²) in [5, 5.41) is 5.23. The Bertz CT molecular complexity index is 776. The number of carbonyl (C=O) groups excluding carboxylic acids is 2. The molecule has 1 atom stereocenters. The van der Waals surface area contributed by atoms with Crippen molar-refractivity contribution in [2.24, 2.45) is 0 Å². The molecule has 0 saturated carbocycles. The molecular formula is C19H20N2O4. The third-order valence-electron chi connectivity index (χ3n) is 3.91. The van der Waals surface area contributed by atoms with E-state index >= 15 is 0 Å². The standard InChI is InChI=1S/C19H20N2O4/c1-2-13-7-3-4-8-15(13)21-19(23)18(22)20-11-14-12-24-16-9-5-6-10-17(16)25-14/h3-10,14H,2,11-12H2,1H3,(H,20,22)(H,21,23). The third kappa shape index (κ3) is 4.09. The summed E-state index contributed by atoms with van der Waals surface area (Å²) < 4.78 is 11.3. The van der Waals surface area contributed by atoms with Crippen LogP contribution in [0.5, 0.6) is 11.5 Å². The fraction of sp³-hybridized carbons (Fsp3) is 0.263. The number of amides is 2. The Balaban J connectivity index is 1.52. The molecule has 1 aliphatic heterocycles. The topological polar surface area (TPSA) is 76.7 Å². The maximum Gasteiger partial charge on any atom is 0.313 e. The molecule has 0 spiro atoms. The van der Waals surface area contributed by atoms with Gasteiger partial charge in [0.25, 0.3) is 0 Å². The van der Waals surface area contributed by atoms with E-state index < -0.39 is 11.8 Å². The first-order valence-corrected chi connectivity index (χ1v) is 8.23. The summed E-state index contributed by atoms with van der Waals surface area (Å²) in [6, 6.07) is 14.7. The molecule has 1 unspecified atom stereocenters. The lowest BCUT2D eigenvalue weighted by Crippen LogP contribution is -2.44. The average Bonchev–Trinajstić information content (AvgIpc) is 2.66. The molecule has 130 valence electrons. The number of rotatable bonds is 4. The van der Waals surface area contributed by atoms with Crippen LogP contribution in [0.3, 0.4) is 0 Å². The summed E-state index contributed by atoms with van der Waals surface area (Å²) in [6.45, 7) is 2.50. The van der Waals surface area contributed by atoms with Gasteiger partial charge in [-0.3, -0.25) is 9.59 Å². The lowest BCUT2D eigenvalue weighted by molar-refractivity contribution is -0.136. The highest BCUT2D eigenvalue weighted by Crippen LogP contribution is 2.30. The molecule has 1 heterocycles. The number of fused-ring (bicyclic) bond motifs is 1. The van der Waals surface area contributed by atoms with E-state index in [4.69, 9.17) is 9.47 Å². The molecule has 2 amide bonds. The van der Waals surface area contributed by atoms with Crippen LogP contribution in [-0.2, 0) is 16.0 Å². The summed E-state index contributed by atoms with van der Waals surface area (Å²) in [5.41, 5.74) is 1.63. The van der Waals surface area contributed by atoms with Crippen molar-refractivity contribution in [3.05, 3.63) is 54.1 Å². The molecular weight excluding hydrogens is 320 g/mol. The Morgan fingerprint density at radius 2 is 1.76 bits per heavy atom. The van der Waals surface area contributed by atoms with Gasteiger partial charge in [-0.25, -0.2) is 0 Å². The Labute approximate surface area is 146 Å². The minimum Gasteiger partial charge on any atom is -0.486 e. The molecule has 2 aromatic carbocycles. The van der Waals surface area contributed by atoms with Gasteiger partial charge in [-0.15, -0.1) is 0 Å². The number of para-hydroxylation sites is 3. The zero-order chi connectivity index (χ0) is 17.6. The summed E-state index contributed by atoms with van der Waals surface area (Å²) >= 11 is 0. The smallest absolute Gasteiger partial charge is 0.313 e. The van der Waals surface area contributed by atoms with Crippen molar-refractivity contribution in [2.75, 3.05) is 18.5 Å². The monoisotopic (exact) mass is 340 g/mol. The van der Waals surface area contributed by atoms with E-state index in [1.54, 1.807) is 12.1 Å². The minimum atomic E-state index is -0.701. The molecule has 6 nitrogen and oxygen atoms in total. The highest BCUT2D eigenvalue weighted by Gasteiger charge is 2.22. The second-order valence-electron chi connectivity index (χ2n) is 5.67. The Hall–Kier alpha value is -3.02. The number of ether oxygens (including phenoxy) is 2. The Morgan fingerprint density at radius 1 is 1.04 bits per heavy atom. The van der Waals surface area contributed by atoms with Crippen LogP contribution >= 0.6 is 0 Å². The first-order chi connectivity index (χ1) is 12.2. The number of hydrogen-bond acceptors (Lipinski definition) is 4. The maximum atomic E-state index is 12.1. The zero-order valence-corrected chi connectivity index (χ0v) is 14.0. The van der Waals surface area contributed by atoms with E-state index in [2.05, 4.69) is 10.6 Å². The lowest BCUT2D eigenvalue weighted by atomic mass is 10.1. The highest BCUT2D eigenvalue weighted by atomic mass is 16.6. The van der Waals surface area contributed by atoms with Gasteiger partial charge in [0.2, 0.25) is 0 Å².